The molecule has 1 aliphatic heterocycles. The maximum absolute atomic E-state index is 12.0. The molecule has 0 spiro atoms. The second kappa shape index (κ2) is 6.84. The van der Waals surface area contributed by atoms with E-state index in [1.54, 1.807) is 0 Å². The minimum Gasteiger partial charge on any atom is -0.356 e. The van der Waals surface area contributed by atoms with Crippen LogP contribution < -0.4 is 5.32 Å². The largest absolute Gasteiger partial charge is 0.356 e. The minimum absolute atomic E-state index is 0.0905. The molecule has 0 fully saturated rings. The van der Waals surface area contributed by atoms with Crippen LogP contribution in [0.2, 0.25) is 0 Å². The first-order chi connectivity index (χ1) is 9.70. The number of hydrazone groups is 1. The maximum Gasteiger partial charge on any atom is 0.243 e. The van der Waals surface area contributed by atoms with Gasteiger partial charge in [0.05, 0.1) is 12.3 Å². The van der Waals surface area contributed by atoms with E-state index in [0.717, 1.165) is 17.7 Å². The van der Waals surface area contributed by atoms with Gasteiger partial charge in [-0.3, -0.25) is 9.59 Å². The summed E-state index contributed by atoms with van der Waals surface area (Å²) in [6, 6.07) is 9.84. The number of benzene rings is 1. The standard InChI is InChI=1S/C15H19N3O2/c1-2-16-14(19)8-9-15(20)18-11-10-13(17-18)12-6-4-3-5-7-12/h3-7H,2,8-11H2,1H3,(H,16,19). The zero-order chi connectivity index (χ0) is 14.4. The average Bonchev–Trinajstić information content (AvgIpc) is 2.96. The van der Waals surface area contributed by atoms with Crippen molar-refractivity contribution in [2.75, 3.05) is 13.1 Å². The van der Waals surface area contributed by atoms with Gasteiger partial charge in [0.1, 0.15) is 0 Å². The maximum atomic E-state index is 12.0. The highest BCUT2D eigenvalue weighted by atomic mass is 16.2. The van der Waals surface area contributed by atoms with Crippen molar-refractivity contribution in [1.82, 2.24) is 10.3 Å². The van der Waals surface area contributed by atoms with Crippen molar-refractivity contribution in [2.24, 2.45) is 5.10 Å². The Morgan fingerprint density at radius 3 is 2.70 bits per heavy atom. The Labute approximate surface area is 118 Å². The van der Waals surface area contributed by atoms with Crippen LogP contribution in [-0.4, -0.2) is 35.6 Å². The molecule has 0 aromatic heterocycles. The third-order valence-corrected chi connectivity index (χ3v) is 3.14. The van der Waals surface area contributed by atoms with Gasteiger partial charge < -0.3 is 5.32 Å². The van der Waals surface area contributed by atoms with Crippen molar-refractivity contribution in [3.05, 3.63) is 35.9 Å². The summed E-state index contributed by atoms with van der Waals surface area (Å²) in [4.78, 5) is 23.3. The summed E-state index contributed by atoms with van der Waals surface area (Å²) in [7, 11) is 0. The van der Waals surface area contributed by atoms with Gasteiger partial charge in [0.2, 0.25) is 11.8 Å². The lowest BCUT2D eigenvalue weighted by molar-refractivity contribution is -0.133. The van der Waals surface area contributed by atoms with Gasteiger partial charge in [-0.15, -0.1) is 0 Å². The number of hydrogen-bond donors (Lipinski definition) is 1. The van der Waals surface area contributed by atoms with E-state index >= 15 is 0 Å². The Balaban J connectivity index is 1.90. The number of carbonyl (C=O) groups excluding carboxylic acids is 2. The quantitative estimate of drug-likeness (QED) is 0.884. The molecule has 1 heterocycles. The summed E-state index contributed by atoms with van der Waals surface area (Å²) in [5.41, 5.74) is 1.98. The average molecular weight is 273 g/mol. The highest BCUT2D eigenvalue weighted by Crippen LogP contribution is 2.14. The predicted molar refractivity (Wildman–Crippen MR) is 77.2 cm³/mol. The smallest absolute Gasteiger partial charge is 0.243 e. The molecule has 1 N–H and O–H groups in total. The van der Waals surface area contributed by atoms with Gasteiger partial charge in [-0.2, -0.15) is 5.10 Å². The SMILES string of the molecule is CCNC(=O)CCC(=O)N1CCC(c2ccccc2)=N1. The van der Waals surface area contributed by atoms with Crippen molar-refractivity contribution in [1.29, 1.82) is 0 Å². The lowest BCUT2D eigenvalue weighted by atomic mass is 10.1. The first-order valence-electron chi connectivity index (χ1n) is 6.90. The van der Waals surface area contributed by atoms with Crippen LogP contribution in [0.5, 0.6) is 0 Å². The van der Waals surface area contributed by atoms with Crippen LogP contribution in [-0.2, 0) is 9.59 Å². The van der Waals surface area contributed by atoms with Crippen LogP contribution in [0.25, 0.3) is 0 Å². The molecular formula is C15H19N3O2. The zero-order valence-electron chi connectivity index (χ0n) is 11.6. The van der Waals surface area contributed by atoms with E-state index < -0.39 is 0 Å². The molecule has 0 radical (unpaired) electrons. The number of rotatable bonds is 5. The lowest BCUT2D eigenvalue weighted by Crippen LogP contribution is -2.27. The molecule has 0 saturated heterocycles. The van der Waals surface area contributed by atoms with E-state index in [4.69, 9.17) is 0 Å². The van der Waals surface area contributed by atoms with E-state index in [1.807, 2.05) is 37.3 Å². The van der Waals surface area contributed by atoms with Gasteiger partial charge in [-0.25, -0.2) is 5.01 Å². The Kier molecular flexibility index (Phi) is 4.87. The van der Waals surface area contributed by atoms with Crippen molar-refractivity contribution in [2.45, 2.75) is 26.2 Å². The highest BCUT2D eigenvalue weighted by molar-refractivity contribution is 6.02. The van der Waals surface area contributed by atoms with Crippen LogP contribution in [0.1, 0.15) is 31.7 Å². The van der Waals surface area contributed by atoms with Crippen molar-refractivity contribution in [3.8, 4) is 0 Å². The van der Waals surface area contributed by atoms with Gasteiger partial charge >= 0.3 is 0 Å². The van der Waals surface area contributed by atoms with E-state index in [2.05, 4.69) is 10.4 Å². The monoisotopic (exact) mass is 273 g/mol. The van der Waals surface area contributed by atoms with Crippen LogP contribution in [0, 0.1) is 0 Å². The van der Waals surface area contributed by atoms with Gasteiger partial charge in [-0.05, 0) is 12.5 Å². The van der Waals surface area contributed by atoms with Gasteiger partial charge in [0.15, 0.2) is 0 Å². The first kappa shape index (κ1) is 14.2. The third kappa shape index (κ3) is 3.66. The summed E-state index contributed by atoms with van der Waals surface area (Å²) in [5, 5.41) is 8.51. The van der Waals surface area contributed by atoms with E-state index in [1.165, 1.54) is 5.01 Å². The Hall–Kier alpha value is -2.17. The van der Waals surface area contributed by atoms with Crippen LogP contribution in [0.4, 0.5) is 0 Å². The predicted octanol–water partition coefficient (Wildman–Crippen LogP) is 1.54. The van der Waals surface area contributed by atoms with Gasteiger partial charge in [0.25, 0.3) is 0 Å². The van der Waals surface area contributed by atoms with E-state index in [9.17, 15) is 9.59 Å². The van der Waals surface area contributed by atoms with Crippen LogP contribution in [0.3, 0.4) is 0 Å². The molecule has 0 unspecified atom stereocenters. The van der Waals surface area contributed by atoms with E-state index in [0.29, 0.717) is 13.1 Å². The zero-order valence-corrected chi connectivity index (χ0v) is 11.6. The topological polar surface area (TPSA) is 61.8 Å². The summed E-state index contributed by atoms with van der Waals surface area (Å²) in [6.07, 6.45) is 1.19. The Morgan fingerprint density at radius 1 is 1.25 bits per heavy atom. The summed E-state index contributed by atoms with van der Waals surface area (Å²) < 4.78 is 0. The van der Waals surface area contributed by atoms with Crippen molar-refractivity contribution < 1.29 is 9.59 Å². The van der Waals surface area contributed by atoms with Crippen molar-refractivity contribution >= 4 is 17.5 Å². The molecule has 0 atom stereocenters. The Morgan fingerprint density at radius 2 is 2.00 bits per heavy atom. The molecule has 0 bridgehead atoms. The summed E-state index contributed by atoms with van der Waals surface area (Å²) in [6.45, 7) is 3.04. The highest BCUT2D eigenvalue weighted by Gasteiger charge is 2.21. The van der Waals surface area contributed by atoms with Crippen molar-refractivity contribution in [3.63, 3.8) is 0 Å². The summed E-state index contributed by atoms with van der Waals surface area (Å²) >= 11 is 0. The number of carbonyl (C=O) groups is 2. The molecule has 2 rings (SSSR count). The second-order valence-corrected chi connectivity index (χ2v) is 4.63. The fraction of sp³-hybridized carbons (Fsp3) is 0.400. The van der Waals surface area contributed by atoms with Gasteiger partial charge in [-0.1, -0.05) is 30.3 Å². The molecule has 0 aliphatic carbocycles. The summed E-state index contributed by atoms with van der Waals surface area (Å²) in [5.74, 6) is -0.186. The number of amides is 2. The lowest BCUT2D eigenvalue weighted by Gasteiger charge is -2.10. The molecule has 5 heteroatoms. The van der Waals surface area contributed by atoms with Gasteiger partial charge in [0, 0.05) is 25.8 Å². The number of hydrogen-bond acceptors (Lipinski definition) is 3. The normalized spacial score (nSPS) is 14.1. The number of nitrogens with zero attached hydrogens (tertiary/aromatic N) is 2. The Bertz CT molecular complexity index is 511. The van der Waals surface area contributed by atoms with Crippen LogP contribution in [0.15, 0.2) is 35.4 Å². The molecule has 2 amide bonds. The molecule has 5 nitrogen and oxygen atoms in total. The molecule has 1 aromatic rings. The molecule has 20 heavy (non-hydrogen) atoms. The third-order valence-electron chi connectivity index (χ3n) is 3.14. The minimum atomic E-state index is -0.0952. The fourth-order valence-corrected chi connectivity index (χ4v) is 2.11. The second-order valence-electron chi connectivity index (χ2n) is 4.63. The number of nitrogens with one attached hydrogen (secondary N) is 1. The van der Waals surface area contributed by atoms with E-state index in [-0.39, 0.29) is 24.7 Å². The first-order valence-corrected chi connectivity index (χ1v) is 6.90. The fourth-order valence-electron chi connectivity index (χ4n) is 2.11. The molecule has 0 saturated carbocycles. The molecule has 106 valence electrons. The van der Waals surface area contributed by atoms with Crippen LogP contribution >= 0.6 is 0 Å². The molecular weight excluding hydrogens is 254 g/mol. The molecule has 1 aromatic carbocycles. The molecule has 1 aliphatic rings.